The lowest BCUT2D eigenvalue weighted by molar-refractivity contribution is 0.266. The van der Waals surface area contributed by atoms with E-state index in [1.165, 1.54) is 18.4 Å². The molecule has 0 aliphatic carbocycles. The van der Waals surface area contributed by atoms with Crippen LogP contribution in [0.15, 0.2) is 0 Å². The van der Waals surface area contributed by atoms with Crippen LogP contribution in [0.2, 0.25) is 0 Å². The number of aromatic nitrogens is 2. The van der Waals surface area contributed by atoms with Crippen molar-refractivity contribution in [2.75, 3.05) is 25.5 Å². The van der Waals surface area contributed by atoms with Crippen LogP contribution in [-0.2, 0) is 13.6 Å². The van der Waals surface area contributed by atoms with Crippen LogP contribution in [0.5, 0.6) is 0 Å². The summed E-state index contributed by atoms with van der Waals surface area (Å²) in [5, 5.41) is 7.73. The van der Waals surface area contributed by atoms with Gasteiger partial charge in [0.05, 0.1) is 5.69 Å². The second-order valence-electron chi connectivity index (χ2n) is 4.56. The molecule has 4 heteroatoms. The minimum absolute atomic E-state index is 0.998. The van der Waals surface area contributed by atoms with Gasteiger partial charge in [-0.3, -0.25) is 9.58 Å². The molecule has 1 rings (SSSR count). The van der Waals surface area contributed by atoms with Crippen molar-refractivity contribution in [1.29, 1.82) is 0 Å². The summed E-state index contributed by atoms with van der Waals surface area (Å²) < 4.78 is 1.93. The fourth-order valence-corrected chi connectivity index (χ4v) is 2.33. The van der Waals surface area contributed by atoms with Crippen LogP contribution in [-0.4, -0.2) is 34.8 Å². The van der Waals surface area contributed by atoms with Crippen molar-refractivity contribution < 1.29 is 0 Å². The van der Waals surface area contributed by atoms with E-state index in [2.05, 4.69) is 36.1 Å². The van der Waals surface area contributed by atoms with Gasteiger partial charge in [-0.15, -0.1) is 0 Å². The van der Waals surface area contributed by atoms with Gasteiger partial charge in [-0.1, -0.05) is 13.8 Å². The highest BCUT2D eigenvalue weighted by molar-refractivity contribution is 5.46. The van der Waals surface area contributed by atoms with E-state index in [4.69, 9.17) is 0 Å². The summed E-state index contributed by atoms with van der Waals surface area (Å²) in [6.45, 7) is 9.87. The Morgan fingerprint density at radius 2 is 1.82 bits per heavy atom. The molecule has 4 nitrogen and oxygen atoms in total. The average Bonchev–Trinajstić information content (AvgIpc) is 2.54. The molecule has 17 heavy (non-hydrogen) atoms. The summed E-state index contributed by atoms with van der Waals surface area (Å²) in [5.74, 6) is 1.14. The monoisotopic (exact) mass is 238 g/mol. The third-order valence-corrected chi connectivity index (χ3v) is 3.04. The highest BCUT2D eigenvalue weighted by atomic mass is 15.3. The molecule has 0 fully saturated rings. The SMILES string of the molecule is CCCN(CCC)Cc1c(C)nn(C)c1NC. The van der Waals surface area contributed by atoms with Crippen molar-refractivity contribution >= 4 is 5.82 Å². The van der Waals surface area contributed by atoms with Crippen LogP contribution in [0, 0.1) is 6.92 Å². The zero-order valence-corrected chi connectivity index (χ0v) is 11.9. The second kappa shape index (κ2) is 6.64. The van der Waals surface area contributed by atoms with Gasteiger partial charge in [-0.05, 0) is 32.9 Å². The largest absolute Gasteiger partial charge is 0.373 e. The van der Waals surface area contributed by atoms with Gasteiger partial charge in [-0.25, -0.2) is 0 Å². The number of anilines is 1. The second-order valence-corrected chi connectivity index (χ2v) is 4.56. The molecule has 98 valence electrons. The van der Waals surface area contributed by atoms with Crippen LogP contribution in [0.1, 0.15) is 37.9 Å². The molecule has 0 spiro atoms. The molecule has 0 saturated carbocycles. The molecule has 0 atom stereocenters. The van der Waals surface area contributed by atoms with E-state index in [1.54, 1.807) is 0 Å². The normalized spacial score (nSPS) is 11.2. The lowest BCUT2D eigenvalue weighted by Crippen LogP contribution is -2.25. The quantitative estimate of drug-likeness (QED) is 0.792. The highest BCUT2D eigenvalue weighted by Crippen LogP contribution is 2.20. The van der Waals surface area contributed by atoms with Crippen molar-refractivity contribution in [3.8, 4) is 0 Å². The van der Waals surface area contributed by atoms with Crippen LogP contribution >= 0.6 is 0 Å². The Balaban J connectivity index is 2.83. The smallest absolute Gasteiger partial charge is 0.128 e. The lowest BCUT2D eigenvalue weighted by Gasteiger charge is -2.21. The Morgan fingerprint density at radius 1 is 1.24 bits per heavy atom. The number of hydrogen-bond acceptors (Lipinski definition) is 3. The maximum atomic E-state index is 4.48. The Labute approximate surface area is 105 Å². The first-order valence-electron chi connectivity index (χ1n) is 6.56. The van der Waals surface area contributed by atoms with Crippen molar-refractivity contribution in [3.63, 3.8) is 0 Å². The summed E-state index contributed by atoms with van der Waals surface area (Å²) in [5.41, 5.74) is 2.46. The molecule has 0 aliphatic heterocycles. The first-order chi connectivity index (χ1) is 8.13. The fourth-order valence-electron chi connectivity index (χ4n) is 2.33. The van der Waals surface area contributed by atoms with E-state index in [9.17, 15) is 0 Å². The first-order valence-corrected chi connectivity index (χ1v) is 6.56. The fraction of sp³-hybridized carbons (Fsp3) is 0.769. The van der Waals surface area contributed by atoms with E-state index in [0.29, 0.717) is 0 Å². The Morgan fingerprint density at radius 3 is 2.29 bits per heavy atom. The van der Waals surface area contributed by atoms with E-state index in [1.807, 2.05) is 18.8 Å². The predicted molar refractivity (Wildman–Crippen MR) is 73.4 cm³/mol. The molecule has 0 bridgehead atoms. The number of hydrogen-bond donors (Lipinski definition) is 1. The summed E-state index contributed by atoms with van der Waals surface area (Å²) >= 11 is 0. The Bertz CT molecular complexity index is 337. The predicted octanol–water partition coefficient (Wildman–Crippen LogP) is 2.39. The van der Waals surface area contributed by atoms with Gasteiger partial charge in [0.25, 0.3) is 0 Å². The van der Waals surface area contributed by atoms with Gasteiger partial charge < -0.3 is 5.32 Å². The van der Waals surface area contributed by atoms with Crippen LogP contribution in [0.3, 0.4) is 0 Å². The summed E-state index contributed by atoms with van der Waals surface area (Å²) in [4.78, 5) is 2.50. The van der Waals surface area contributed by atoms with Crippen molar-refractivity contribution in [1.82, 2.24) is 14.7 Å². The summed E-state index contributed by atoms with van der Waals surface area (Å²) in [6.07, 6.45) is 2.41. The minimum Gasteiger partial charge on any atom is -0.373 e. The van der Waals surface area contributed by atoms with Crippen LogP contribution < -0.4 is 5.32 Å². The van der Waals surface area contributed by atoms with E-state index >= 15 is 0 Å². The zero-order valence-electron chi connectivity index (χ0n) is 11.9. The molecular formula is C13H26N4. The molecule has 1 heterocycles. The topological polar surface area (TPSA) is 33.1 Å². The Hall–Kier alpha value is -1.03. The van der Waals surface area contributed by atoms with Crippen molar-refractivity contribution in [2.45, 2.75) is 40.2 Å². The molecular weight excluding hydrogens is 212 g/mol. The molecule has 0 unspecified atom stereocenters. The van der Waals surface area contributed by atoms with Gasteiger partial charge in [0.15, 0.2) is 0 Å². The summed E-state index contributed by atoms with van der Waals surface area (Å²) in [7, 11) is 3.95. The zero-order chi connectivity index (χ0) is 12.8. The lowest BCUT2D eigenvalue weighted by atomic mass is 10.2. The van der Waals surface area contributed by atoms with Gasteiger partial charge in [0.1, 0.15) is 5.82 Å². The maximum Gasteiger partial charge on any atom is 0.128 e. The average molecular weight is 238 g/mol. The number of aryl methyl sites for hydroxylation is 2. The van der Waals surface area contributed by atoms with Crippen molar-refractivity contribution in [2.24, 2.45) is 7.05 Å². The minimum atomic E-state index is 0.998. The van der Waals surface area contributed by atoms with Crippen LogP contribution in [0.4, 0.5) is 5.82 Å². The number of nitrogens with zero attached hydrogens (tertiary/aromatic N) is 3. The molecule has 1 N–H and O–H groups in total. The van der Waals surface area contributed by atoms with E-state index in [0.717, 1.165) is 31.1 Å². The highest BCUT2D eigenvalue weighted by Gasteiger charge is 2.14. The van der Waals surface area contributed by atoms with Gasteiger partial charge >= 0.3 is 0 Å². The van der Waals surface area contributed by atoms with Gasteiger partial charge in [0, 0.05) is 26.2 Å². The third kappa shape index (κ3) is 3.46. The van der Waals surface area contributed by atoms with E-state index < -0.39 is 0 Å². The van der Waals surface area contributed by atoms with E-state index in [-0.39, 0.29) is 0 Å². The number of nitrogens with one attached hydrogen (secondary N) is 1. The molecule has 0 amide bonds. The Kier molecular flexibility index (Phi) is 5.48. The number of rotatable bonds is 7. The first kappa shape index (κ1) is 14.0. The molecule has 0 aromatic carbocycles. The molecule has 1 aromatic heterocycles. The van der Waals surface area contributed by atoms with Gasteiger partial charge in [0.2, 0.25) is 0 Å². The standard InChI is InChI=1S/C13H26N4/c1-6-8-17(9-7-2)10-12-11(3)15-16(5)13(12)14-4/h14H,6-10H2,1-5H3. The molecule has 1 aromatic rings. The molecule has 0 aliphatic rings. The van der Waals surface area contributed by atoms with Crippen LogP contribution in [0.25, 0.3) is 0 Å². The van der Waals surface area contributed by atoms with Gasteiger partial charge in [-0.2, -0.15) is 5.10 Å². The summed E-state index contributed by atoms with van der Waals surface area (Å²) in [6, 6.07) is 0. The molecule has 0 radical (unpaired) electrons. The third-order valence-electron chi connectivity index (χ3n) is 3.04. The maximum absolute atomic E-state index is 4.48. The molecule has 0 saturated heterocycles. The van der Waals surface area contributed by atoms with Crippen molar-refractivity contribution in [3.05, 3.63) is 11.3 Å².